The van der Waals surface area contributed by atoms with Gasteiger partial charge in [-0.1, -0.05) is 12.1 Å². The van der Waals surface area contributed by atoms with Gasteiger partial charge in [0.2, 0.25) is 5.91 Å². The maximum absolute atomic E-state index is 12.5. The number of nitrogens with zero attached hydrogens (tertiary/aromatic N) is 3. The number of rotatable bonds is 4. The van der Waals surface area contributed by atoms with Crippen molar-refractivity contribution in [3.8, 4) is 0 Å². The van der Waals surface area contributed by atoms with E-state index in [1.165, 1.54) is 10.9 Å². The van der Waals surface area contributed by atoms with Gasteiger partial charge in [-0.15, -0.1) is 0 Å². The minimum atomic E-state index is -0.625. The summed E-state index contributed by atoms with van der Waals surface area (Å²) in [6, 6.07) is 7.00. The number of carbonyl (C=O) groups excluding carboxylic acids is 1. The summed E-state index contributed by atoms with van der Waals surface area (Å²) in [7, 11) is 0. The summed E-state index contributed by atoms with van der Waals surface area (Å²) < 4.78 is 2.02. The third-order valence-corrected chi connectivity index (χ3v) is 6.29. The van der Waals surface area contributed by atoms with Crippen molar-refractivity contribution in [1.82, 2.24) is 14.7 Å². The smallest absolute Gasteiger partial charge is 0.225 e. The van der Waals surface area contributed by atoms with Crippen molar-refractivity contribution in [3.63, 3.8) is 0 Å². The average molecular weight is 370 g/mol. The summed E-state index contributed by atoms with van der Waals surface area (Å²) >= 11 is 0. The fourth-order valence-corrected chi connectivity index (χ4v) is 4.60. The van der Waals surface area contributed by atoms with E-state index in [9.17, 15) is 9.90 Å². The summed E-state index contributed by atoms with van der Waals surface area (Å²) in [4.78, 5) is 14.6. The first-order valence-corrected chi connectivity index (χ1v) is 10.3. The van der Waals surface area contributed by atoms with Crippen molar-refractivity contribution >= 4 is 16.8 Å². The summed E-state index contributed by atoms with van der Waals surface area (Å²) in [6.45, 7) is 7.82. The molecule has 2 aliphatic rings. The Morgan fingerprint density at radius 2 is 2.00 bits per heavy atom. The van der Waals surface area contributed by atoms with Crippen LogP contribution < -0.4 is 0 Å². The molecule has 1 aliphatic carbocycles. The molecule has 2 heterocycles. The average Bonchev–Trinajstić information content (AvgIpc) is 3.03. The zero-order chi connectivity index (χ0) is 19.2. The van der Waals surface area contributed by atoms with E-state index in [0.29, 0.717) is 24.8 Å². The molecule has 2 fully saturated rings. The van der Waals surface area contributed by atoms with Gasteiger partial charge in [-0.3, -0.25) is 9.48 Å². The standard InChI is InChI=1S/C22H31N3O2/c1-15(2)25-14-18-5-4-17(11-20(18)23-25)10-16-6-8-24(9-7-16)21(26)19-12-22(3,27)13-19/h4-5,11,14-16,19,27H,6-10,12-13H2,1-3H3. The molecule has 27 heavy (non-hydrogen) atoms. The molecular formula is C22H31N3O2. The summed E-state index contributed by atoms with van der Waals surface area (Å²) in [5.41, 5.74) is 1.79. The lowest BCUT2D eigenvalue weighted by Crippen LogP contribution is -2.51. The second-order valence-corrected chi connectivity index (χ2v) is 9.17. The second kappa shape index (κ2) is 6.93. The van der Waals surface area contributed by atoms with Gasteiger partial charge in [-0.05, 0) is 70.4 Å². The highest BCUT2D eigenvalue weighted by atomic mass is 16.3. The molecule has 1 aliphatic heterocycles. The number of aliphatic hydroxyl groups is 1. The number of aromatic nitrogens is 2. The van der Waals surface area contributed by atoms with Crippen molar-refractivity contribution in [2.75, 3.05) is 13.1 Å². The van der Waals surface area contributed by atoms with E-state index in [2.05, 4.69) is 38.2 Å². The van der Waals surface area contributed by atoms with Crippen LogP contribution in [-0.4, -0.2) is 44.4 Å². The molecule has 2 aromatic rings. The Balaban J connectivity index is 1.32. The van der Waals surface area contributed by atoms with E-state index in [4.69, 9.17) is 5.10 Å². The molecule has 5 nitrogen and oxygen atoms in total. The third kappa shape index (κ3) is 3.88. The lowest BCUT2D eigenvalue weighted by molar-refractivity contribution is -0.151. The monoisotopic (exact) mass is 369 g/mol. The number of carbonyl (C=O) groups is 1. The van der Waals surface area contributed by atoms with Crippen LogP contribution in [-0.2, 0) is 11.2 Å². The van der Waals surface area contributed by atoms with Crippen LogP contribution >= 0.6 is 0 Å². The minimum Gasteiger partial charge on any atom is -0.390 e. The van der Waals surface area contributed by atoms with Crippen LogP contribution in [0, 0.1) is 11.8 Å². The molecule has 0 atom stereocenters. The van der Waals surface area contributed by atoms with Crippen molar-refractivity contribution in [2.45, 2.75) is 64.5 Å². The Labute approximate surface area is 161 Å². The predicted molar refractivity (Wildman–Crippen MR) is 106 cm³/mol. The molecule has 1 saturated heterocycles. The highest BCUT2D eigenvalue weighted by Gasteiger charge is 2.44. The highest BCUT2D eigenvalue weighted by molar-refractivity contribution is 5.80. The molecule has 0 spiro atoms. The number of benzene rings is 1. The van der Waals surface area contributed by atoms with Gasteiger partial charge in [0.05, 0.1) is 11.1 Å². The number of hydrogen-bond donors (Lipinski definition) is 1. The van der Waals surface area contributed by atoms with Gasteiger partial charge in [0.1, 0.15) is 0 Å². The Hall–Kier alpha value is -1.88. The van der Waals surface area contributed by atoms with Crippen molar-refractivity contribution in [3.05, 3.63) is 30.0 Å². The Morgan fingerprint density at radius 1 is 1.30 bits per heavy atom. The molecule has 146 valence electrons. The van der Waals surface area contributed by atoms with Gasteiger partial charge in [-0.25, -0.2) is 0 Å². The van der Waals surface area contributed by atoms with Crippen molar-refractivity contribution in [2.24, 2.45) is 11.8 Å². The molecular weight excluding hydrogens is 338 g/mol. The summed E-state index contributed by atoms with van der Waals surface area (Å²) in [5, 5.41) is 15.8. The van der Waals surface area contributed by atoms with Crippen LogP contribution in [0.1, 0.15) is 58.1 Å². The zero-order valence-corrected chi connectivity index (χ0v) is 16.7. The SMILES string of the molecule is CC(C)n1cc2ccc(CC3CCN(C(=O)C4CC(C)(O)C4)CC3)cc2n1. The minimum absolute atomic E-state index is 0.0371. The molecule has 1 aromatic carbocycles. The molecule has 0 radical (unpaired) electrons. The molecule has 0 unspecified atom stereocenters. The third-order valence-electron chi connectivity index (χ3n) is 6.29. The van der Waals surface area contributed by atoms with E-state index in [1.54, 1.807) is 0 Å². The molecule has 1 saturated carbocycles. The number of hydrogen-bond acceptors (Lipinski definition) is 3. The van der Waals surface area contributed by atoms with Crippen LogP contribution in [0.4, 0.5) is 0 Å². The number of amides is 1. The van der Waals surface area contributed by atoms with E-state index < -0.39 is 5.60 Å². The number of fused-ring (bicyclic) bond motifs is 1. The lowest BCUT2D eigenvalue weighted by atomic mass is 9.71. The summed E-state index contributed by atoms with van der Waals surface area (Å²) in [5.74, 6) is 0.916. The summed E-state index contributed by atoms with van der Waals surface area (Å²) in [6.07, 6.45) is 6.54. The van der Waals surface area contributed by atoms with Gasteiger partial charge in [0.25, 0.3) is 0 Å². The Kier molecular flexibility index (Phi) is 4.75. The van der Waals surface area contributed by atoms with Crippen LogP contribution in [0.3, 0.4) is 0 Å². The highest BCUT2D eigenvalue weighted by Crippen LogP contribution is 2.39. The molecule has 1 amide bonds. The van der Waals surface area contributed by atoms with Crippen LogP contribution in [0.25, 0.3) is 10.9 Å². The maximum atomic E-state index is 12.5. The van der Waals surface area contributed by atoms with Crippen LogP contribution in [0.5, 0.6) is 0 Å². The van der Waals surface area contributed by atoms with Gasteiger partial charge in [0.15, 0.2) is 0 Å². The Bertz CT molecular complexity index is 823. The first-order chi connectivity index (χ1) is 12.8. The van der Waals surface area contributed by atoms with Crippen molar-refractivity contribution in [1.29, 1.82) is 0 Å². The lowest BCUT2D eigenvalue weighted by Gasteiger charge is -2.43. The number of piperidine rings is 1. The molecule has 0 bridgehead atoms. The largest absolute Gasteiger partial charge is 0.390 e. The quantitative estimate of drug-likeness (QED) is 0.896. The first-order valence-electron chi connectivity index (χ1n) is 10.3. The molecule has 1 aromatic heterocycles. The fourth-order valence-electron chi connectivity index (χ4n) is 4.60. The van der Waals surface area contributed by atoms with Gasteiger partial charge < -0.3 is 10.0 Å². The Morgan fingerprint density at radius 3 is 2.63 bits per heavy atom. The van der Waals surface area contributed by atoms with E-state index >= 15 is 0 Å². The normalized spacial score (nSPS) is 26.6. The zero-order valence-electron chi connectivity index (χ0n) is 16.7. The topological polar surface area (TPSA) is 58.4 Å². The van der Waals surface area contributed by atoms with Crippen LogP contribution in [0.2, 0.25) is 0 Å². The van der Waals surface area contributed by atoms with Gasteiger partial charge >= 0.3 is 0 Å². The molecule has 4 rings (SSSR count). The fraction of sp³-hybridized carbons (Fsp3) is 0.636. The molecule has 5 heteroatoms. The van der Waals surface area contributed by atoms with Gasteiger partial charge in [0, 0.05) is 36.6 Å². The van der Waals surface area contributed by atoms with E-state index in [0.717, 1.165) is 37.9 Å². The molecule has 1 N–H and O–H groups in total. The van der Waals surface area contributed by atoms with Gasteiger partial charge in [-0.2, -0.15) is 5.10 Å². The second-order valence-electron chi connectivity index (χ2n) is 9.17. The van der Waals surface area contributed by atoms with Crippen LogP contribution in [0.15, 0.2) is 24.4 Å². The first kappa shape index (κ1) is 18.5. The van der Waals surface area contributed by atoms with E-state index in [-0.39, 0.29) is 11.8 Å². The maximum Gasteiger partial charge on any atom is 0.225 e. The number of likely N-dealkylation sites (tertiary alicyclic amines) is 1. The van der Waals surface area contributed by atoms with E-state index in [1.807, 2.05) is 16.5 Å². The predicted octanol–water partition coefficient (Wildman–Crippen LogP) is 3.56. The van der Waals surface area contributed by atoms with Crippen molar-refractivity contribution < 1.29 is 9.90 Å².